The summed E-state index contributed by atoms with van der Waals surface area (Å²) >= 11 is 3.26. The lowest BCUT2D eigenvalue weighted by Gasteiger charge is -2.13. The van der Waals surface area contributed by atoms with E-state index >= 15 is 0 Å². The molecule has 0 unspecified atom stereocenters. The Kier molecular flexibility index (Phi) is 4.17. The molecule has 0 aliphatic heterocycles. The predicted octanol–water partition coefficient (Wildman–Crippen LogP) is 1.90. The third-order valence-corrected chi connectivity index (χ3v) is 4.81. The zero-order valence-corrected chi connectivity index (χ0v) is 13.4. The number of rotatable bonds is 4. The topological polar surface area (TPSA) is 90.0 Å². The summed E-state index contributed by atoms with van der Waals surface area (Å²) in [5.41, 5.74) is 6.12. The Morgan fingerprint density at radius 2 is 2.00 bits per heavy atom. The van der Waals surface area contributed by atoms with Crippen molar-refractivity contribution in [3.8, 4) is 5.69 Å². The predicted molar refractivity (Wildman–Crippen MR) is 81.1 cm³/mol. The largest absolute Gasteiger partial charge is 0.381 e. The molecule has 2 rings (SSSR count). The van der Waals surface area contributed by atoms with Gasteiger partial charge in [-0.2, -0.15) is 0 Å². The second-order valence-corrected chi connectivity index (χ2v) is 7.09. The second-order valence-electron chi connectivity index (χ2n) is 4.55. The molecular formula is C12H15BrN4O2S. The van der Waals surface area contributed by atoms with Crippen LogP contribution in [0.25, 0.3) is 5.69 Å². The Bertz CT molecular complexity index is 705. The molecule has 0 bridgehead atoms. The highest BCUT2D eigenvalue weighted by molar-refractivity contribution is 9.10. The molecule has 3 N–H and O–H groups in total. The maximum Gasteiger partial charge on any atom is 0.242 e. The lowest BCUT2D eigenvalue weighted by molar-refractivity contribution is 0.569. The molecule has 8 heteroatoms. The van der Waals surface area contributed by atoms with E-state index in [1.807, 2.05) is 0 Å². The highest BCUT2D eigenvalue weighted by Crippen LogP contribution is 2.24. The van der Waals surface area contributed by atoms with Gasteiger partial charge in [0.05, 0.1) is 10.2 Å². The molecule has 6 nitrogen and oxygen atoms in total. The van der Waals surface area contributed by atoms with E-state index in [4.69, 9.17) is 5.73 Å². The van der Waals surface area contributed by atoms with E-state index in [2.05, 4.69) is 25.8 Å². The van der Waals surface area contributed by atoms with Crippen LogP contribution in [0.5, 0.6) is 0 Å². The summed E-state index contributed by atoms with van der Waals surface area (Å²) in [6.45, 7) is 3.53. The molecule has 20 heavy (non-hydrogen) atoms. The molecule has 0 fully saturated rings. The summed E-state index contributed by atoms with van der Waals surface area (Å²) in [4.78, 5) is 0.156. The van der Waals surface area contributed by atoms with Gasteiger partial charge in [-0.25, -0.2) is 17.8 Å². The summed E-state index contributed by atoms with van der Waals surface area (Å²) in [6.07, 6.45) is 1.62. The minimum atomic E-state index is -3.61. The van der Waals surface area contributed by atoms with Crippen molar-refractivity contribution in [2.24, 2.45) is 0 Å². The molecule has 0 radical (unpaired) electrons. The van der Waals surface area contributed by atoms with Crippen molar-refractivity contribution in [1.29, 1.82) is 0 Å². The smallest absolute Gasteiger partial charge is 0.242 e. The van der Waals surface area contributed by atoms with Gasteiger partial charge < -0.3 is 5.73 Å². The number of sulfonamides is 1. The molecule has 1 heterocycles. The van der Waals surface area contributed by atoms with Crippen molar-refractivity contribution < 1.29 is 8.42 Å². The summed E-state index contributed by atoms with van der Waals surface area (Å²) in [5.74, 6) is 0.300. The van der Waals surface area contributed by atoms with Gasteiger partial charge in [-0.3, -0.25) is 0 Å². The van der Waals surface area contributed by atoms with Gasteiger partial charge in [-0.15, -0.1) is 5.10 Å². The number of hydrogen-bond acceptors (Lipinski definition) is 4. The van der Waals surface area contributed by atoms with Crippen LogP contribution in [-0.2, 0) is 10.0 Å². The number of nitrogens with one attached hydrogen (secondary N) is 1. The molecule has 0 amide bonds. The molecule has 0 atom stereocenters. The fraction of sp³-hybridized carbons (Fsp3) is 0.250. The maximum atomic E-state index is 12.3. The number of halogens is 1. The van der Waals surface area contributed by atoms with Crippen LogP contribution in [0.1, 0.15) is 13.8 Å². The van der Waals surface area contributed by atoms with Gasteiger partial charge >= 0.3 is 0 Å². The van der Waals surface area contributed by atoms with E-state index in [0.29, 0.717) is 16.0 Å². The van der Waals surface area contributed by atoms with Crippen molar-refractivity contribution in [2.75, 3.05) is 5.73 Å². The Morgan fingerprint density at radius 1 is 1.35 bits per heavy atom. The molecular weight excluding hydrogens is 344 g/mol. The van der Waals surface area contributed by atoms with Crippen LogP contribution in [-0.4, -0.2) is 24.2 Å². The molecule has 0 aliphatic carbocycles. The second kappa shape index (κ2) is 5.55. The van der Waals surface area contributed by atoms with Gasteiger partial charge in [-0.1, -0.05) is 12.1 Å². The highest BCUT2D eigenvalue weighted by Gasteiger charge is 2.20. The molecule has 1 aromatic heterocycles. The zero-order valence-electron chi connectivity index (χ0n) is 11.0. The molecule has 0 saturated carbocycles. The molecule has 0 aliphatic rings. The van der Waals surface area contributed by atoms with Gasteiger partial charge in [0.15, 0.2) is 5.82 Å². The van der Waals surface area contributed by atoms with Crippen LogP contribution in [0.3, 0.4) is 0 Å². The van der Waals surface area contributed by atoms with Crippen molar-refractivity contribution in [2.45, 2.75) is 24.8 Å². The first-order chi connectivity index (χ1) is 9.31. The van der Waals surface area contributed by atoms with E-state index in [0.717, 1.165) is 0 Å². The normalized spacial score (nSPS) is 12.0. The summed E-state index contributed by atoms with van der Waals surface area (Å²) in [7, 11) is -3.61. The molecule has 1 aromatic carbocycles. The van der Waals surface area contributed by atoms with E-state index in [-0.39, 0.29) is 10.9 Å². The van der Waals surface area contributed by atoms with Gasteiger partial charge in [0, 0.05) is 12.2 Å². The number of nitrogens with zero attached hydrogens (tertiary/aromatic N) is 2. The van der Waals surface area contributed by atoms with Gasteiger partial charge in [-0.05, 0) is 41.9 Å². The lowest BCUT2D eigenvalue weighted by Crippen LogP contribution is -2.31. The first-order valence-corrected chi connectivity index (χ1v) is 8.21. The van der Waals surface area contributed by atoms with Crippen LogP contribution in [0, 0.1) is 0 Å². The van der Waals surface area contributed by atoms with Crippen LogP contribution in [0.15, 0.2) is 39.8 Å². The van der Waals surface area contributed by atoms with Gasteiger partial charge in [0.25, 0.3) is 0 Å². The van der Waals surface area contributed by atoms with Crippen LogP contribution in [0.2, 0.25) is 0 Å². The number of nitrogens with two attached hydrogens (primary N) is 1. The lowest BCUT2D eigenvalue weighted by atomic mass is 10.3. The highest BCUT2D eigenvalue weighted by atomic mass is 79.9. The monoisotopic (exact) mass is 358 g/mol. The van der Waals surface area contributed by atoms with Gasteiger partial charge in [0.1, 0.15) is 4.90 Å². The third-order valence-electron chi connectivity index (χ3n) is 2.49. The number of nitrogen functional groups attached to an aromatic ring is 1. The molecule has 2 aromatic rings. The van der Waals surface area contributed by atoms with Crippen molar-refractivity contribution >= 4 is 31.8 Å². The Balaban J connectivity index is 2.57. The average Bonchev–Trinajstić information content (AvgIpc) is 2.68. The SMILES string of the molecule is CC(C)NS(=O)(=O)c1ccccc1-n1cc(Br)c(N)n1. The zero-order chi connectivity index (χ0) is 14.9. The Labute approximate surface area is 126 Å². The summed E-state index contributed by atoms with van der Waals surface area (Å²) < 4.78 is 29.3. The summed E-state index contributed by atoms with van der Waals surface area (Å²) in [5, 5.41) is 4.09. The van der Waals surface area contributed by atoms with Crippen molar-refractivity contribution in [3.05, 3.63) is 34.9 Å². The number of hydrogen-bond donors (Lipinski definition) is 2. The fourth-order valence-corrected chi connectivity index (χ4v) is 3.45. The first kappa shape index (κ1) is 15.0. The Hall–Kier alpha value is -1.38. The standard InChI is InChI=1S/C12H15BrN4O2S/c1-8(2)16-20(18,19)11-6-4-3-5-10(11)17-7-9(13)12(14)15-17/h3-8,16H,1-2H3,(H2,14,15). The van der Waals surface area contributed by atoms with Crippen LogP contribution < -0.4 is 10.5 Å². The fourth-order valence-electron chi connectivity index (χ4n) is 1.74. The molecule has 0 saturated heterocycles. The van der Waals surface area contributed by atoms with Crippen molar-refractivity contribution in [1.82, 2.24) is 14.5 Å². The van der Waals surface area contributed by atoms with E-state index in [1.165, 1.54) is 10.7 Å². The number of benzene rings is 1. The number of aromatic nitrogens is 2. The maximum absolute atomic E-state index is 12.3. The summed E-state index contributed by atoms with van der Waals surface area (Å²) in [6, 6.07) is 6.43. The van der Waals surface area contributed by atoms with Gasteiger partial charge in [0.2, 0.25) is 10.0 Å². The van der Waals surface area contributed by atoms with E-state index in [1.54, 1.807) is 38.2 Å². The van der Waals surface area contributed by atoms with E-state index < -0.39 is 10.0 Å². The molecule has 108 valence electrons. The molecule has 0 spiro atoms. The Morgan fingerprint density at radius 3 is 2.55 bits per heavy atom. The number of para-hydroxylation sites is 1. The quantitative estimate of drug-likeness (QED) is 0.873. The van der Waals surface area contributed by atoms with Crippen LogP contribution in [0.4, 0.5) is 5.82 Å². The first-order valence-electron chi connectivity index (χ1n) is 5.93. The van der Waals surface area contributed by atoms with E-state index in [9.17, 15) is 8.42 Å². The third kappa shape index (κ3) is 3.02. The average molecular weight is 359 g/mol. The number of anilines is 1. The minimum Gasteiger partial charge on any atom is -0.381 e. The minimum absolute atomic E-state index is 0.156. The van der Waals surface area contributed by atoms with Crippen molar-refractivity contribution in [3.63, 3.8) is 0 Å². The van der Waals surface area contributed by atoms with Crippen LogP contribution >= 0.6 is 15.9 Å².